The van der Waals surface area contributed by atoms with Crippen LogP contribution in [0.3, 0.4) is 0 Å². The lowest BCUT2D eigenvalue weighted by Gasteiger charge is -2.13. The van der Waals surface area contributed by atoms with Crippen LogP contribution in [-0.2, 0) is 21.4 Å². The number of carbonyl (C=O) groups excluding carboxylic acids is 1. The smallest absolute Gasteiger partial charge is 0.326 e. The van der Waals surface area contributed by atoms with Crippen molar-refractivity contribution in [1.82, 2.24) is 10.0 Å². The van der Waals surface area contributed by atoms with Gasteiger partial charge in [0.25, 0.3) is 5.91 Å². The highest BCUT2D eigenvalue weighted by atomic mass is 32.2. The van der Waals surface area contributed by atoms with Gasteiger partial charge in [0.1, 0.15) is 6.04 Å². The van der Waals surface area contributed by atoms with Gasteiger partial charge in [0, 0.05) is 12.1 Å². The first-order valence-corrected chi connectivity index (χ1v) is 9.04. The molecular formula is C15H22N2O5S. The molecule has 8 heteroatoms. The van der Waals surface area contributed by atoms with Gasteiger partial charge in [-0.05, 0) is 31.0 Å². The largest absolute Gasteiger partial charge is 0.480 e. The van der Waals surface area contributed by atoms with Crippen LogP contribution in [0.4, 0.5) is 0 Å². The predicted octanol–water partition coefficient (Wildman–Crippen LogP) is 1.11. The molecule has 0 heterocycles. The molecule has 1 amide bonds. The molecule has 0 spiro atoms. The van der Waals surface area contributed by atoms with Crippen molar-refractivity contribution in [3.8, 4) is 0 Å². The summed E-state index contributed by atoms with van der Waals surface area (Å²) in [5.41, 5.74) is 1.04. The summed E-state index contributed by atoms with van der Waals surface area (Å²) >= 11 is 0. The van der Waals surface area contributed by atoms with E-state index >= 15 is 0 Å². The van der Waals surface area contributed by atoms with Crippen LogP contribution >= 0.6 is 0 Å². The summed E-state index contributed by atoms with van der Waals surface area (Å²) in [6, 6.07) is 5.42. The normalized spacial score (nSPS) is 12.6. The Hall–Kier alpha value is -1.93. The first-order valence-electron chi connectivity index (χ1n) is 7.39. The van der Waals surface area contributed by atoms with Gasteiger partial charge < -0.3 is 10.4 Å². The Labute approximate surface area is 136 Å². The van der Waals surface area contributed by atoms with Gasteiger partial charge in [0.05, 0.1) is 5.75 Å². The molecule has 23 heavy (non-hydrogen) atoms. The zero-order chi connectivity index (χ0) is 17.5. The van der Waals surface area contributed by atoms with Crippen molar-refractivity contribution in [1.29, 1.82) is 0 Å². The van der Waals surface area contributed by atoms with Crippen molar-refractivity contribution in [3.05, 3.63) is 35.4 Å². The fraction of sp³-hybridized carbons (Fsp3) is 0.467. The minimum atomic E-state index is -3.27. The van der Waals surface area contributed by atoms with Gasteiger partial charge >= 0.3 is 5.97 Å². The second-order valence-electron chi connectivity index (χ2n) is 5.07. The van der Waals surface area contributed by atoms with Gasteiger partial charge in [-0.2, -0.15) is 0 Å². The summed E-state index contributed by atoms with van der Waals surface area (Å²) in [7, 11) is -3.27. The van der Waals surface area contributed by atoms with Crippen LogP contribution < -0.4 is 10.0 Å². The molecule has 1 aromatic carbocycles. The predicted molar refractivity (Wildman–Crippen MR) is 86.5 cm³/mol. The average molecular weight is 342 g/mol. The van der Waals surface area contributed by atoms with Crippen molar-refractivity contribution in [2.45, 2.75) is 39.3 Å². The summed E-state index contributed by atoms with van der Waals surface area (Å²) in [4.78, 5) is 23.1. The number of sulfonamides is 1. The molecule has 0 aliphatic rings. The minimum Gasteiger partial charge on any atom is -0.480 e. The topological polar surface area (TPSA) is 113 Å². The summed E-state index contributed by atoms with van der Waals surface area (Å²) in [6.45, 7) is 3.53. The highest BCUT2D eigenvalue weighted by Gasteiger charge is 2.19. The number of nitrogens with one attached hydrogen (secondary N) is 2. The van der Waals surface area contributed by atoms with Crippen molar-refractivity contribution in [3.63, 3.8) is 0 Å². The zero-order valence-corrected chi connectivity index (χ0v) is 14.0. The van der Waals surface area contributed by atoms with Gasteiger partial charge in [0.15, 0.2) is 0 Å². The summed E-state index contributed by atoms with van der Waals surface area (Å²) < 4.78 is 25.2. The van der Waals surface area contributed by atoms with Gasteiger partial charge in [-0.3, -0.25) is 4.79 Å². The second kappa shape index (κ2) is 8.64. The van der Waals surface area contributed by atoms with Gasteiger partial charge in [-0.15, -0.1) is 0 Å². The third-order valence-electron chi connectivity index (χ3n) is 3.27. The Morgan fingerprint density at radius 2 is 1.78 bits per heavy atom. The Morgan fingerprint density at radius 1 is 1.17 bits per heavy atom. The fourth-order valence-electron chi connectivity index (χ4n) is 1.86. The number of benzene rings is 1. The van der Waals surface area contributed by atoms with E-state index in [1.165, 1.54) is 12.1 Å². The van der Waals surface area contributed by atoms with E-state index in [0.29, 0.717) is 24.0 Å². The molecule has 0 aromatic heterocycles. The molecular weight excluding hydrogens is 320 g/mol. The number of hydrogen-bond acceptors (Lipinski definition) is 4. The van der Waals surface area contributed by atoms with E-state index in [4.69, 9.17) is 5.11 Å². The van der Waals surface area contributed by atoms with Crippen LogP contribution in [0.25, 0.3) is 0 Å². The third-order valence-corrected chi connectivity index (χ3v) is 4.62. The first kappa shape index (κ1) is 19.1. The molecule has 1 aromatic rings. The van der Waals surface area contributed by atoms with Crippen LogP contribution in [0.1, 0.15) is 42.6 Å². The van der Waals surface area contributed by atoms with E-state index in [0.717, 1.165) is 0 Å². The van der Waals surface area contributed by atoms with Gasteiger partial charge in [0.2, 0.25) is 10.0 Å². The lowest BCUT2D eigenvalue weighted by Crippen LogP contribution is -2.40. The van der Waals surface area contributed by atoms with Crippen LogP contribution in [0.2, 0.25) is 0 Å². The Balaban J connectivity index is 2.68. The SMILES string of the molecule is CCCC(NC(=O)c1ccc(CNS(=O)(=O)CC)cc1)C(=O)O. The standard InChI is InChI=1S/C15H22N2O5S/c1-3-5-13(15(19)20)17-14(18)12-8-6-11(7-9-12)10-16-23(21,22)4-2/h6-9,13,16H,3-5,10H2,1-2H3,(H,17,18)(H,19,20). The molecule has 0 aliphatic carbocycles. The quantitative estimate of drug-likeness (QED) is 0.622. The molecule has 0 radical (unpaired) electrons. The van der Waals surface area contributed by atoms with Crippen LogP contribution in [0, 0.1) is 0 Å². The maximum absolute atomic E-state index is 12.0. The van der Waals surface area contributed by atoms with Gasteiger partial charge in [-0.1, -0.05) is 25.5 Å². The number of rotatable bonds is 9. The van der Waals surface area contributed by atoms with E-state index in [9.17, 15) is 18.0 Å². The number of hydrogen-bond donors (Lipinski definition) is 3. The van der Waals surface area contributed by atoms with E-state index in [-0.39, 0.29) is 12.3 Å². The number of carboxylic acids is 1. The zero-order valence-electron chi connectivity index (χ0n) is 13.2. The van der Waals surface area contributed by atoms with E-state index < -0.39 is 27.9 Å². The fourth-order valence-corrected chi connectivity index (χ4v) is 2.45. The molecule has 1 unspecified atom stereocenters. The van der Waals surface area contributed by atoms with Crippen LogP contribution in [-0.4, -0.2) is 37.2 Å². The molecule has 0 saturated heterocycles. The lowest BCUT2D eigenvalue weighted by molar-refractivity contribution is -0.139. The summed E-state index contributed by atoms with van der Waals surface area (Å²) in [6.07, 6.45) is 1.01. The molecule has 1 rings (SSSR count). The van der Waals surface area contributed by atoms with Crippen LogP contribution in [0.5, 0.6) is 0 Å². The Bertz CT molecular complexity index is 640. The summed E-state index contributed by atoms with van der Waals surface area (Å²) in [5, 5.41) is 11.5. The van der Waals surface area contributed by atoms with Crippen molar-refractivity contribution < 1.29 is 23.1 Å². The van der Waals surface area contributed by atoms with Crippen molar-refractivity contribution >= 4 is 21.9 Å². The minimum absolute atomic E-state index is 0.00148. The lowest BCUT2D eigenvalue weighted by atomic mass is 10.1. The van der Waals surface area contributed by atoms with Crippen LogP contribution in [0.15, 0.2) is 24.3 Å². The number of carboxylic acid groups (broad SMARTS) is 1. The molecule has 128 valence electrons. The van der Waals surface area contributed by atoms with E-state index in [1.807, 2.05) is 6.92 Å². The molecule has 7 nitrogen and oxygen atoms in total. The van der Waals surface area contributed by atoms with Crippen molar-refractivity contribution in [2.24, 2.45) is 0 Å². The maximum Gasteiger partial charge on any atom is 0.326 e. The molecule has 1 atom stereocenters. The molecule has 3 N–H and O–H groups in total. The molecule has 0 aliphatic heterocycles. The number of amides is 1. The molecule has 0 fully saturated rings. The highest BCUT2D eigenvalue weighted by molar-refractivity contribution is 7.89. The average Bonchev–Trinajstić information content (AvgIpc) is 2.53. The van der Waals surface area contributed by atoms with E-state index in [2.05, 4.69) is 10.0 Å². The molecule has 0 saturated carbocycles. The van der Waals surface area contributed by atoms with Crippen molar-refractivity contribution in [2.75, 3.05) is 5.75 Å². The highest BCUT2D eigenvalue weighted by Crippen LogP contribution is 2.06. The number of carbonyl (C=O) groups is 2. The third kappa shape index (κ3) is 6.37. The first-order chi connectivity index (χ1) is 10.8. The molecule has 0 bridgehead atoms. The van der Waals surface area contributed by atoms with Gasteiger partial charge in [-0.25, -0.2) is 17.9 Å². The maximum atomic E-state index is 12.0. The summed E-state index contributed by atoms with van der Waals surface area (Å²) in [5.74, 6) is -1.53. The second-order valence-corrected chi connectivity index (χ2v) is 7.17. The Morgan fingerprint density at radius 3 is 2.26 bits per heavy atom. The van der Waals surface area contributed by atoms with E-state index in [1.54, 1.807) is 19.1 Å². The Kier molecular flexibility index (Phi) is 7.18. The monoisotopic (exact) mass is 342 g/mol. The number of aliphatic carboxylic acids is 1.